The highest BCUT2D eigenvalue weighted by molar-refractivity contribution is 6.62. The topological polar surface area (TPSA) is 40.2 Å². The van der Waals surface area contributed by atoms with Crippen LogP contribution < -0.4 is 5.46 Å². The van der Waals surface area contributed by atoms with Crippen LogP contribution in [-0.4, -0.2) is 43.8 Å². The molecule has 1 fully saturated rings. The van der Waals surface area contributed by atoms with Gasteiger partial charge in [0.1, 0.15) is 6.73 Å². The van der Waals surface area contributed by atoms with Gasteiger partial charge in [0.15, 0.2) is 0 Å². The second-order valence-corrected chi connectivity index (χ2v) is 7.16. The average Bonchev–Trinajstić information content (AvgIpc) is 2.79. The largest absolute Gasteiger partial charge is 0.495 e. The third-order valence-corrected chi connectivity index (χ3v) is 4.82. The Bertz CT molecular complexity index is 607. The summed E-state index contributed by atoms with van der Waals surface area (Å²) in [5, 5.41) is 1.67. The van der Waals surface area contributed by atoms with E-state index in [1.165, 1.54) is 0 Å². The summed E-state index contributed by atoms with van der Waals surface area (Å²) in [4.78, 5) is 5.31. The summed E-state index contributed by atoms with van der Waals surface area (Å²) in [6.07, 6.45) is 0. The molecule has 0 amide bonds. The molecule has 1 unspecified atom stereocenters. The minimum atomic E-state index is -0.523. The summed E-state index contributed by atoms with van der Waals surface area (Å²) in [5.41, 5.74) is 2.03. The lowest BCUT2D eigenvalue weighted by Crippen LogP contribution is -2.45. The Labute approximate surface area is 152 Å². The molecule has 1 aliphatic heterocycles. The minimum absolute atomic E-state index is 0.412. The number of hydrogen-bond donors (Lipinski definition) is 0. The predicted octanol–water partition coefficient (Wildman–Crippen LogP) is 2.90. The van der Waals surface area contributed by atoms with Crippen molar-refractivity contribution in [3.8, 4) is 0 Å². The average molecular weight is 347 g/mol. The van der Waals surface area contributed by atoms with Crippen molar-refractivity contribution < 1.29 is 18.9 Å². The fourth-order valence-electron chi connectivity index (χ4n) is 2.89. The van der Waals surface area contributed by atoms with Crippen molar-refractivity contribution >= 4 is 12.6 Å². The van der Waals surface area contributed by atoms with Gasteiger partial charge in [0, 0.05) is 7.05 Å². The van der Waals surface area contributed by atoms with Crippen LogP contribution in [0.1, 0.15) is 40.2 Å². The Balaban J connectivity index is 2.03. The molecule has 1 aromatic rings. The van der Waals surface area contributed by atoms with Gasteiger partial charge in [-0.2, -0.15) is 5.06 Å². The molecule has 1 aromatic carbocycles. The van der Waals surface area contributed by atoms with Crippen molar-refractivity contribution in [2.45, 2.75) is 52.4 Å². The van der Waals surface area contributed by atoms with Gasteiger partial charge >= 0.3 is 7.12 Å². The van der Waals surface area contributed by atoms with E-state index in [4.69, 9.17) is 18.9 Å². The zero-order valence-electron chi connectivity index (χ0n) is 16.3. The van der Waals surface area contributed by atoms with Gasteiger partial charge in [0.2, 0.25) is 0 Å². The molecule has 0 spiro atoms. The van der Waals surface area contributed by atoms with E-state index < -0.39 is 18.3 Å². The zero-order valence-corrected chi connectivity index (χ0v) is 16.3. The first-order valence-electron chi connectivity index (χ1n) is 8.72. The molecule has 25 heavy (non-hydrogen) atoms. The first-order chi connectivity index (χ1) is 11.7. The highest BCUT2D eigenvalue weighted by Crippen LogP contribution is 2.41. The van der Waals surface area contributed by atoms with Crippen LogP contribution in [0.2, 0.25) is 0 Å². The molecule has 1 atom stereocenters. The molecule has 1 heterocycles. The van der Waals surface area contributed by atoms with E-state index >= 15 is 0 Å². The van der Waals surface area contributed by atoms with Crippen molar-refractivity contribution in [2.75, 3.05) is 20.4 Å². The van der Waals surface area contributed by atoms with E-state index in [1.807, 2.05) is 59.9 Å². The molecule has 0 saturated carbocycles. The second kappa shape index (κ2) is 8.02. The lowest BCUT2D eigenvalue weighted by Gasteiger charge is -2.36. The molecule has 2 rings (SSSR count). The molecule has 0 N–H and O–H groups in total. The van der Waals surface area contributed by atoms with E-state index in [2.05, 4.69) is 12.6 Å². The fourth-order valence-corrected chi connectivity index (χ4v) is 2.89. The SMILES string of the molecule is C=C(C)C1(C)OB(c2cccc(COCN(C)OCC)c2)OC1(C)C. The normalized spacial score (nSPS) is 22.6. The third kappa shape index (κ3) is 4.51. The minimum Gasteiger partial charge on any atom is -0.399 e. The second-order valence-electron chi connectivity index (χ2n) is 7.16. The molecule has 5 nitrogen and oxygen atoms in total. The smallest absolute Gasteiger partial charge is 0.399 e. The molecule has 0 radical (unpaired) electrons. The van der Waals surface area contributed by atoms with Crippen LogP contribution in [0.3, 0.4) is 0 Å². The Morgan fingerprint density at radius 1 is 1.28 bits per heavy atom. The predicted molar refractivity (Wildman–Crippen MR) is 100 cm³/mol. The van der Waals surface area contributed by atoms with Gasteiger partial charge in [0.05, 0.1) is 24.4 Å². The van der Waals surface area contributed by atoms with Gasteiger partial charge in [-0.05, 0) is 51.2 Å². The van der Waals surface area contributed by atoms with E-state index in [9.17, 15) is 0 Å². The maximum Gasteiger partial charge on any atom is 0.495 e. The van der Waals surface area contributed by atoms with Crippen LogP contribution in [0.4, 0.5) is 0 Å². The first-order valence-corrected chi connectivity index (χ1v) is 8.72. The Kier molecular flexibility index (Phi) is 6.46. The lowest BCUT2D eigenvalue weighted by molar-refractivity contribution is -0.190. The first kappa shape index (κ1) is 20.1. The quantitative estimate of drug-likeness (QED) is 0.313. The molecule has 138 valence electrons. The van der Waals surface area contributed by atoms with Crippen LogP contribution in [-0.2, 0) is 25.5 Å². The van der Waals surface area contributed by atoms with Crippen molar-refractivity contribution in [1.29, 1.82) is 0 Å². The number of hydrogen-bond acceptors (Lipinski definition) is 5. The Morgan fingerprint density at radius 3 is 2.60 bits per heavy atom. The van der Waals surface area contributed by atoms with E-state index in [0.717, 1.165) is 16.6 Å². The molecule has 6 heteroatoms. The standard InChI is InChI=1S/C19H30BNO4/c1-8-23-21(7)14-22-13-16-10-9-11-17(12-16)20-24-18(4,5)19(6,25-20)15(2)3/h9-12H,2,8,13-14H2,1,3-7H3. The van der Waals surface area contributed by atoms with Crippen LogP contribution in [0.5, 0.6) is 0 Å². The number of hydroxylamine groups is 2. The Morgan fingerprint density at radius 2 is 2.00 bits per heavy atom. The van der Waals surface area contributed by atoms with Crippen molar-refractivity contribution in [3.05, 3.63) is 42.0 Å². The summed E-state index contributed by atoms with van der Waals surface area (Å²) < 4.78 is 18.1. The fraction of sp³-hybridized carbons (Fsp3) is 0.579. The zero-order chi connectivity index (χ0) is 18.7. The maximum atomic E-state index is 6.25. The van der Waals surface area contributed by atoms with Gasteiger partial charge < -0.3 is 14.0 Å². The number of benzene rings is 1. The monoisotopic (exact) mass is 347 g/mol. The van der Waals surface area contributed by atoms with E-state index in [-0.39, 0.29) is 0 Å². The third-order valence-electron chi connectivity index (χ3n) is 4.82. The summed E-state index contributed by atoms with van der Waals surface area (Å²) in [5.74, 6) is 0. The highest BCUT2D eigenvalue weighted by atomic mass is 16.7. The molecule has 0 bridgehead atoms. The number of nitrogens with zero attached hydrogens (tertiary/aromatic N) is 1. The van der Waals surface area contributed by atoms with Gasteiger partial charge in [-0.25, -0.2) is 0 Å². The summed E-state index contributed by atoms with van der Waals surface area (Å²) >= 11 is 0. The summed E-state index contributed by atoms with van der Waals surface area (Å²) in [6, 6.07) is 8.10. The van der Waals surface area contributed by atoms with Crippen molar-refractivity contribution in [3.63, 3.8) is 0 Å². The van der Waals surface area contributed by atoms with Crippen LogP contribution in [0.25, 0.3) is 0 Å². The molecule has 0 aliphatic carbocycles. The summed E-state index contributed by atoms with van der Waals surface area (Å²) in [7, 11) is 1.43. The van der Waals surface area contributed by atoms with Gasteiger partial charge in [-0.1, -0.05) is 30.8 Å². The molecular formula is C19H30BNO4. The molecular weight excluding hydrogens is 317 g/mol. The highest BCUT2D eigenvalue weighted by Gasteiger charge is 2.55. The van der Waals surface area contributed by atoms with Gasteiger partial charge in [-0.3, -0.25) is 4.84 Å². The molecule has 0 aromatic heterocycles. The van der Waals surface area contributed by atoms with E-state index in [0.29, 0.717) is 19.9 Å². The number of ether oxygens (including phenoxy) is 1. The molecule has 1 aliphatic rings. The van der Waals surface area contributed by atoms with Crippen LogP contribution >= 0.6 is 0 Å². The number of rotatable bonds is 8. The van der Waals surface area contributed by atoms with Gasteiger partial charge in [0.25, 0.3) is 0 Å². The van der Waals surface area contributed by atoms with Gasteiger partial charge in [-0.15, -0.1) is 0 Å². The van der Waals surface area contributed by atoms with Crippen LogP contribution in [0, 0.1) is 0 Å². The van der Waals surface area contributed by atoms with Crippen molar-refractivity contribution in [1.82, 2.24) is 5.06 Å². The van der Waals surface area contributed by atoms with E-state index in [1.54, 1.807) is 5.06 Å². The summed E-state index contributed by atoms with van der Waals surface area (Å²) in [6.45, 7) is 15.7. The van der Waals surface area contributed by atoms with Crippen molar-refractivity contribution in [2.24, 2.45) is 0 Å². The maximum absolute atomic E-state index is 6.25. The van der Waals surface area contributed by atoms with Crippen LogP contribution in [0.15, 0.2) is 36.4 Å². The molecule has 1 saturated heterocycles. The lowest BCUT2D eigenvalue weighted by atomic mass is 9.78. The Hall–Kier alpha value is -1.18.